The van der Waals surface area contributed by atoms with Crippen LogP contribution in [0.15, 0.2) is 48.5 Å². The number of hydrogen-bond acceptors (Lipinski definition) is 7. The number of nitrogens with one attached hydrogen (secondary N) is 1. The lowest BCUT2D eigenvalue weighted by Crippen LogP contribution is -2.53. The van der Waals surface area contributed by atoms with Crippen molar-refractivity contribution in [2.45, 2.75) is 19.1 Å². The van der Waals surface area contributed by atoms with Gasteiger partial charge in [-0.15, -0.1) is 0 Å². The summed E-state index contributed by atoms with van der Waals surface area (Å²) in [6, 6.07) is 14.8. The van der Waals surface area contributed by atoms with Crippen LogP contribution in [-0.2, 0) is 25.5 Å². The van der Waals surface area contributed by atoms with Crippen molar-refractivity contribution < 1.29 is 26.8 Å². The fourth-order valence-electron chi connectivity index (χ4n) is 3.03. The normalized spacial score (nSPS) is 19.9. The molecule has 0 aliphatic carbocycles. The van der Waals surface area contributed by atoms with Crippen LogP contribution in [0.5, 0.6) is 17.2 Å². The lowest BCUT2D eigenvalue weighted by atomic mass is 10.0. The third kappa shape index (κ3) is 5.68. The highest BCUT2D eigenvalue weighted by atomic mass is 32.2. The smallest absolute Gasteiger partial charge is 0.267 e. The second-order valence-corrected chi connectivity index (χ2v) is 8.10. The minimum atomic E-state index is -3.66. The average molecular weight is 407 g/mol. The molecule has 8 heteroatoms. The van der Waals surface area contributed by atoms with Crippen LogP contribution in [0.1, 0.15) is 12.5 Å². The molecule has 7 nitrogen and oxygen atoms in total. The number of morpholine rings is 1. The molecule has 1 N–H and O–H groups in total. The Balaban J connectivity index is 1.73. The van der Waals surface area contributed by atoms with E-state index in [0.29, 0.717) is 50.0 Å². The Hall–Kier alpha value is -2.13. The molecule has 0 saturated carbocycles. The van der Waals surface area contributed by atoms with Crippen LogP contribution < -0.4 is 14.8 Å². The molecule has 3 rings (SSSR count). The van der Waals surface area contributed by atoms with Gasteiger partial charge < -0.3 is 19.5 Å². The lowest BCUT2D eigenvalue weighted by molar-refractivity contribution is -0.190. The van der Waals surface area contributed by atoms with E-state index in [0.717, 1.165) is 11.8 Å². The van der Waals surface area contributed by atoms with Crippen molar-refractivity contribution in [3.8, 4) is 17.2 Å². The minimum Gasteiger partial charge on any atom is -0.490 e. The van der Waals surface area contributed by atoms with Crippen LogP contribution >= 0.6 is 0 Å². The predicted molar refractivity (Wildman–Crippen MR) is 105 cm³/mol. The number of para-hydroxylation sites is 2. The standard InChI is InChI=1S/C20H25NO6S/c1-3-24-18-6-4-5-7-19(18)26-17-10-8-16(9-11-17)14-20(27-28(2,22)23)15-21-12-13-25-20/h4-11,21H,3,12-15H2,1-2H3. The maximum absolute atomic E-state index is 11.7. The molecular weight excluding hydrogens is 382 g/mol. The Morgan fingerprint density at radius 3 is 2.43 bits per heavy atom. The van der Waals surface area contributed by atoms with E-state index in [2.05, 4.69) is 5.32 Å². The van der Waals surface area contributed by atoms with Crippen LogP contribution in [0.4, 0.5) is 0 Å². The minimum absolute atomic E-state index is 0.292. The summed E-state index contributed by atoms with van der Waals surface area (Å²) >= 11 is 0. The molecule has 1 saturated heterocycles. The first kappa shape index (κ1) is 20.6. The summed E-state index contributed by atoms with van der Waals surface area (Å²) in [5.41, 5.74) is 0.873. The second kappa shape index (κ2) is 8.91. The molecule has 152 valence electrons. The molecule has 1 heterocycles. The predicted octanol–water partition coefficient (Wildman–Crippen LogP) is 2.71. The Kier molecular flexibility index (Phi) is 6.56. The first-order valence-corrected chi connectivity index (χ1v) is 10.9. The summed E-state index contributed by atoms with van der Waals surface area (Å²) in [7, 11) is -3.66. The molecule has 1 aliphatic rings. The van der Waals surface area contributed by atoms with Crippen LogP contribution in [0.3, 0.4) is 0 Å². The third-order valence-electron chi connectivity index (χ3n) is 4.12. The zero-order valence-corrected chi connectivity index (χ0v) is 16.8. The Bertz CT molecular complexity index is 876. The van der Waals surface area contributed by atoms with Crippen molar-refractivity contribution in [1.82, 2.24) is 5.32 Å². The van der Waals surface area contributed by atoms with E-state index in [4.69, 9.17) is 18.4 Å². The second-order valence-electron chi connectivity index (χ2n) is 6.53. The summed E-state index contributed by atoms with van der Waals surface area (Å²) < 4.78 is 45.8. The van der Waals surface area contributed by atoms with Gasteiger partial charge in [-0.3, -0.25) is 0 Å². The summed E-state index contributed by atoms with van der Waals surface area (Å²) in [4.78, 5) is 0. The molecule has 0 spiro atoms. The Morgan fingerprint density at radius 1 is 1.11 bits per heavy atom. The van der Waals surface area contributed by atoms with Crippen LogP contribution in [0, 0.1) is 0 Å². The first-order valence-electron chi connectivity index (χ1n) is 9.13. The summed E-state index contributed by atoms with van der Waals surface area (Å²) in [6.07, 6.45) is 1.32. The third-order valence-corrected chi connectivity index (χ3v) is 4.72. The van der Waals surface area contributed by atoms with Gasteiger partial charge in [0.1, 0.15) is 5.75 Å². The molecule has 0 bridgehead atoms. The number of rotatable bonds is 8. The summed E-state index contributed by atoms with van der Waals surface area (Å²) in [6.45, 7) is 3.80. The maximum atomic E-state index is 11.7. The van der Waals surface area contributed by atoms with Crippen molar-refractivity contribution in [2.24, 2.45) is 0 Å². The van der Waals surface area contributed by atoms with E-state index in [9.17, 15) is 8.42 Å². The zero-order valence-electron chi connectivity index (χ0n) is 16.0. The first-order chi connectivity index (χ1) is 13.4. The quantitative estimate of drug-likeness (QED) is 0.674. The van der Waals surface area contributed by atoms with Crippen LogP contribution in [-0.4, -0.2) is 46.8 Å². The van der Waals surface area contributed by atoms with Crippen molar-refractivity contribution in [1.29, 1.82) is 0 Å². The highest BCUT2D eigenvalue weighted by molar-refractivity contribution is 7.86. The molecule has 1 aliphatic heterocycles. The topological polar surface area (TPSA) is 83.1 Å². The highest BCUT2D eigenvalue weighted by Gasteiger charge is 2.38. The molecule has 2 aromatic carbocycles. The fourth-order valence-corrected chi connectivity index (χ4v) is 3.75. The molecule has 0 radical (unpaired) electrons. The molecule has 0 amide bonds. The number of hydrogen-bond donors (Lipinski definition) is 1. The molecule has 1 atom stereocenters. The van der Waals surface area contributed by atoms with Crippen molar-refractivity contribution in [2.75, 3.05) is 32.6 Å². The fraction of sp³-hybridized carbons (Fsp3) is 0.400. The van der Waals surface area contributed by atoms with Crippen LogP contribution in [0.2, 0.25) is 0 Å². The SMILES string of the molecule is CCOc1ccccc1Oc1ccc(CC2(OS(C)(=O)=O)CNCCO2)cc1. The van der Waals surface area contributed by atoms with Gasteiger partial charge >= 0.3 is 0 Å². The van der Waals surface area contributed by atoms with Gasteiger partial charge in [0.05, 0.1) is 26.0 Å². The van der Waals surface area contributed by atoms with Gasteiger partial charge in [-0.05, 0) is 36.8 Å². The molecule has 1 unspecified atom stereocenters. The Morgan fingerprint density at radius 2 is 1.82 bits per heavy atom. The van der Waals surface area contributed by atoms with E-state index in [1.54, 1.807) is 0 Å². The van der Waals surface area contributed by atoms with Gasteiger partial charge in [0.15, 0.2) is 11.5 Å². The van der Waals surface area contributed by atoms with Crippen molar-refractivity contribution in [3.63, 3.8) is 0 Å². The molecule has 0 aromatic heterocycles. The van der Waals surface area contributed by atoms with Gasteiger partial charge in [0.2, 0.25) is 5.79 Å². The monoisotopic (exact) mass is 407 g/mol. The van der Waals surface area contributed by atoms with Crippen molar-refractivity contribution in [3.05, 3.63) is 54.1 Å². The van der Waals surface area contributed by atoms with Gasteiger partial charge in [-0.1, -0.05) is 24.3 Å². The van der Waals surface area contributed by atoms with Crippen LogP contribution in [0.25, 0.3) is 0 Å². The summed E-state index contributed by atoms with van der Waals surface area (Å²) in [5, 5.41) is 3.13. The number of ether oxygens (including phenoxy) is 3. The molecular formula is C20H25NO6S. The molecule has 1 fully saturated rings. The van der Waals surface area contributed by atoms with E-state index >= 15 is 0 Å². The Labute approximate surface area is 165 Å². The lowest BCUT2D eigenvalue weighted by Gasteiger charge is -2.36. The van der Waals surface area contributed by atoms with Gasteiger partial charge in [-0.25, -0.2) is 4.18 Å². The largest absolute Gasteiger partial charge is 0.490 e. The highest BCUT2D eigenvalue weighted by Crippen LogP contribution is 2.32. The maximum Gasteiger partial charge on any atom is 0.267 e. The van der Waals surface area contributed by atoms with Gasteiger partial charge in [0.25, 0.3) is 10.1 Å². The van der Waals surface area contributed by atoms with E-state index in [1.165, 1.54) is 0 Å². The zero-order chi connectivity index (χ0) is 20.0. The van der Waals surface area contributed by atoms with E-state index in [1.807, 2.05) is 55.5 Å². The van der Waals surface area contributed by atoms with E-state index in [-0.39, 0.29) is 0 Å². The van der Waals surface area contributed by atoms with Crippen molar-refractivity contribution >= 4 is 10.1 Å². The molecule has 2 aromatic rings. The molecule has 28 heavy (non-hydrogen) atoms. The number of benzene rings is 2. The van der Waals surface area contributed by atoms with Gasteiger partial charge in [-0.2, -0.15) is 8.42 Å². The summed E-state index contributed by atoms with van der Waals surface area (Å²) in [5.74, 6) is 0.720. The van der Waals surface area contributed by atoms with Gasteiger partial charge in [0, 0.05) is 13.0 Å². The van der Waals surface area contributed by atoms with E-state index < -0.39 is 15.9 Å². The average Bonchev–Trinajstić information content (AvgIpc) is 2.64.